The molecule has 0 radical (unpaired) electrons. The first-order valence-electron chi connectivity index (χ1n) is 6.03. The van der Waals surface area contributed by atoms with Gasteiger partial charge in [0.2, 0.25) is 0 Å². The Morgan fingerprint density at radius 2 is 2.00 bits per heavy atom. The second kappa shape index (κ2) is 6.67. The molecule has 2 rings (SSSR count). The summed E-state index contributed by atoms with van der Waals surface area (Å²) in [5.74, 6) is -2.02. The van der Waals surface area contributed by atoms with Crippen LogP contribution in [0.5, 0.6) is 5.75 Å². The summed E-state index contributed by atoms with van der Waals surface area (Å²) in [5, 5.41) is 8.72. The second-order valence-electron chi connectivity index (χ2n) is 4.33. The average Bonchev–Trinajstić information content (AvgIpc) is 2.43. The first-order valence-corrected chi connectivity index (χ1v) is 6.82. The van der Waals surface area contributed by atoms with Crippen molar-refractivity contribution in [2.45, 2.75) is 13.0 Å². The fourth-order valence-electron chi connectivity index (χ4n) is 1.78. The smallest absolute Gasteiger partial charge is 0.307 e. The molecule has 2 aromatic rings. The number of carboxylic acids is 1. The summed E-state index contributed by atoms with van der Waals surface area (Å²) in [6, 6.07) is 8.82. The maximum absolute atomic E-state index is 13.8. The van der Waals surface area contributed by atoms with Gasteiger partial charge in [-0.3, -0.25) is 4.79 Å². The SMILES string of the molecule is O=C(O)Cc1cccc(OCc2c(F)ccc(Br)c2F)c1. The van der Waals surface area contributed by atoms with Crippen LogP contribution in [0.15, 0.2) is 40.9 Å². The van der Waals surface area contributed by atoms with Gasteiger partial charge in [-0.25, -0.2) is 8.78 Å². The Hall–Kier alpha value is -1.95. The molecule has 2 aromatic carbocycles. The van der Waals surface area contributed by atoms with Crippen LogP contribution >= 0.6 is 15.9 Å². The largest absolute Gasteiger partial charge is 0.489 e. The molecule has 0 unspecified atom stereocenters. The Morgan fingerprint density at radius 1 is 1.24 bits per heavy atom. The summed E-state index contributed by atoms with van der Waals surface area (Å²) in [4.78, 5) is 10.6. The molecular weight excluding hydrogens is 346 g/mol. The molecule has 0 aliphatic heterocycles. The highest BCUT2D eigenvalue weighted by atomic mass is 79.9. The molecule has 0 fully saturated rings. The average molecular weight is 357 g/mol. The third-order valence-electron chi connectivity index (χ3n) is 2.78. The van der Waals surface area contributed by atoms with Crippen LogP contribution < -0.4 is 4.74 Å². The maximum atomic E-state index is 13.8. The quantitative estimate of drug-likeness (QED) is 0.825. The molecule has 110 valence electrons. The Kier molecular flexibility index (Phi) is 4.90. The third-order valence-corrected chi connectivity index (χ3v) is 3.39. The van der Waals surface area contributed by atoms with Crippen molar-refractivity contribution in [3.8, 4) is 5.75 Å². The van der Waals surface area contributed by atoms with Crippen molar-refractivity contribution in [2.24, 2.45) is 0 Å². The lowest BCUT2D eigenvalue weighted by atomic mass is 10.1. The zero-order valence-electron chi connectivity index (χ0n) is 10.8. The van der Waals surface area contributed by atoms with E-state index < -0.39 is 17.6 Å². The van der Waals surface area contributed by atoms with Crippen molar-refractivity contribution in [1.29, 1.82) is 0 Å². The van der Waals surface area contributed by atoms with Crippen LogP contribution in [0.3, 0.4) is 0 Å². The molecule has 0 saturated carbocycles. The summed E-state index contributed by atoms with van der Waals surface area (Å²) >= 11 is 2.98. The van der Waals surface area contributed by atoms with Gasteiger partial charge in [-0.15, -0.1) is 0 Å². The number of carbonyl (C=O) groups is 1. The van der Waals surface area contributed by atoms with Gasteiger partial charge in [0.25, 0.3) is 0 Å². The van der Waals surface area contributed by atoms with Crippen molar-refractivity contribution in [3.63, 3.8) is 0 Å². The number of hydrogen-bond donors (Lipinski definition) is 1. The van der Waals surface area contributed by atoms with Gasteiger partial charge in [-0.1, -0.05) is 12.1 Å². The molecule has 0 spiro atoms. The first kappa shape index (κ1) is 15.4. The third kappa shape index (κ3) is 4.01. The van der Waals surface area contributed by atoms with E-state index in [-0.39, 0.29) is 23.1 Å². The van der Waals surface area contributed by atoms with Crippen molar-refractivity contribution in [2.75, 3.05) is 0 Å². The van der Waals surface area contributed by atoms with Crippen LogP contribution in [0.25, 0.3) is 0 Å². The number of benzene rings is 2. The second-order valence-corrected chi connectivity index (χ2v) is 5.18. The maximum Gasteiger partial charge on any atom is 0.307 e. The lowest BCUT2D eigenvalue weighted by molar-refractivity contribution is -0.136. The molecule has 0 aromatic heterocycles. The number of aliphatic carboxylic acids is 1. The molecule has 0 bridgehead atoms. The van der Waals surface area contributed by atoms with Gasteiger partial charge < -0.3 is 9.84 Å². The number of rotatable bonds is 5. The first-order chi connectivity index (χ1) is 9.97. The van der Waals surface area contributed by atoms with Crippen molar-refractivity contribution >= 4 is 21.9 Å². The van der Waals surface area contributed by atoms with Crippen LogP contribution in [-0.2, 0) is 17.8 Å². The molecular formula is C15H11BrF2O3. The lowest BCUT2D eigenvalue weighted by Gasteiger charge is -2.10. The van der Waals surface area contributed by atoms with Gasteiger partial charge in [0.15, 0.2) is 0 Å². The highest BCUT2D eigenvalue weighted by molar-refractivity contribution is 9.10. The van der Waals surface area contributed by atoms with E-state index in [0.717, 1.165) is 6.07 Å². The predicted octanol–water partition coefficient (Wildman–Crippen LogP) is 3.93. The van der Waals surface area contributed by atoms with Crippen molar-refractivity contribution < 1.29 is 23.4 Å². The molecule has 0 aliphatic carbocycles. The Labute approximate surface area is 128 Å². The summed E-state index contributed by atoms with van der Waals surface area (Å²) < 4.78 is 32.8. The minimum atomic E-state index is -0.962. The van der Waals surface area contributed by atoms with E-state index in [0.29, 0.717) is 11.3 Å². The zero-order valence-corrected chi connectivity index (χ0v) is 12.4. The lowest BCUT2D eigenvalue weighted by Crippen LogP contribution is -2.04. The Morgan fingerprint density at radius 3 is 2.71 bits per heavy atom. The predicted molar refractivity (Wildman–Crippen MR) is 76.2 cm³/mol. The highest BCUT2D eigenvalue weighted by Crippen LogP contribution is 2.23. The molecule has 0 heterocycles. The van der Waals surface area contributed by atoms with E-state index in [1.54, 1.807) is 18.2 Å². The van der Waals surface area contributed by atoms with Gasteiger partial charge >= 0.3 is 5.97 Å². The fourth-order valence-corrected chi connectivity index (χ4v) is 2.15. The van der Waals surface area contributed by atoms with E-state index in [1.165, 1.54) is 12.1 Å². The van der Waals surface area contributed by atoms with Crippen molar-refractivity contribution in [1.82, 2.24) is 0 Å². The minimum absolute atomic E-state index is 0.142. The van der Waals surface area contributed by atoms with E-state index in [9.17, 15) is 13.6 Å². The van der Waals surface area contributed by atoms with Crippen molar-refractivity contribution in [3.05, 3.63) is 63.6 Å². The highest BCUT2D eigenvalue weighted by Gasteiger charge is 2.13. The summed E-state index contributed by atoms with van der Waals surface area (Å²) in [6.45, 7) is -0.284. The van der Waals surface area contributed by atoms with Crippen LogP contribution in [0.4, 0.5) is 8.78 Å². The molecule has 3 nitrogen and oxygen atoms in total. The van der Waals surface area contributed by atoms with Gasteiger partial charge in [0, 0.05) is 0 Å². The normalized spacial score (nSPS) is 10.4. The Balaban J connectivity index is 2.13. The van der Waals surface area contributed by atoms with Gasteiger partial charge in [-0.05, 0) is 45.8 Å². The summed E-state index contributed by atoms with van der Waals surface area (Å²) in [5.41, 5.74) is 0.364. The summed E-state index contributed by atoms with van der Waals surface area (Å²) in [7, 11) is 0. The van der Waals surface area contributed by atoms with Crippen LogP contribution in [0.2, 0.25) is 0 Å². The van der Waals surface area contributed by atoms with E-state index in [1.807, 2.05) is 0 Å². The fraction of sp³-hybridized carbons (Fsp3) is 0.133. The number of carboxylic acid groups (broad SMARTS) is 1. The zero-order chi connectivity index (χ0) is 15.4. The molecule has 0 aliphatic rings. The Bertz CT molecular complexity index is 674. The molecule has 0 amide bonds. The molecule has 0 saturated heterocycles. The minimum Gasteiger partial charge on any atom is -0.489 e. The molecule has 21 heavy (non-hydrogen) atoms. The van der Waals surface area contributed by atoms with Crippen LogP contribution in [0, 0.1) is 11.6 Å². The van der Waals surface area contributed by atoms with Gasteiger partial charge in [-0.2, -0.15) is 0 Å². The number of ether oxygens (including phenoxy) is 1. The number of halogens is 3. The molecule has 1 N–H and O–H groups in total. The number of hydrogen-bond acceptors (Lipinski definition) is 2. The van der Waals surface area contributed by atoms with E-state index in [2.05, 4.69) is 15.9 Å². The van der Waals surface area contributed by atoms with E-state index >= 15 is 0 Å². The van der Waals surface area contributed by atoms with Gasteiger partial charge in [0.1, 0.15) is 24.0 Å². The van der Waals surface area contributed by atoms with E-state index in [4.69, 9.17) is 9.84 Å². The van der Waals surface area contributed by atoms with Crippen LogP contribution in [0.1, 0.15) is 11.1 Å². The van der Waals surface area contributed by atoms with Crippen LogP contribution in [-0.4, -0.2) is 11.1 Å². The standard InChI is InChI=1S/C15H11BrF2O3/c16-12-4-5-13(17)11(15(12)18)8-21-10-3-1-2-9(6-10)7-14(19)20/h1-6H,7-8H2,(H,19,20). The monoisotopic (exact) mass is 356 g/mol. The summed E-state index contributed by atoms with van der Waals surface area (Å²) in [6.07, 6.45) is -0.142. The molecule has 0 atom stereocenters. The molecule has 6 heteroatoms. The topological polar surface area (TPSA) is 46.5 Å². The van der Waals surface area contributed by atoms with Gasteiger partial charge in [0.05, 0.1) is 16.5 Å².